The van der Waals surface area contributed by atoms with Gasteiger partial charge in [-0.25, -0.2) is 4.98 Å². The van der Waals surface area contributed by atoms with Gasteiger partial charge in [-0.2, -0.15) is 0 Å². The summed E-state index contributed by atoms with van der Waals surface area (Å²) in [5.41, 5.74) is 1.59. The molecule has 2 aliphatic rings. The first-order chi connectivity index (χ1) is 13.2. The second-order valence-electron chi connectivity index (χ2n) is 7.72. The average molecular weight is 368 g/mol. The second kappa shape index (κ2) is 7.82. The van der Waals surface area contributed by atoms with Gasteiger partial charge in [-0.05, 0) is 44.9 Å². The number of fused-ring (bicyclic) bond motifs is 1. The van der Waals surface area contributed by atoms with Crippen LogP contribution < -0.4 is 10.2 Å². The van der Waals surface area contributed by atoms with Crippen molar-refractivity contribution < 1.29 is 9.90 Å². The van der Waals surface area contributed by atoms with E-state index in [1.165, 1.54) is 0 Å². The summed E-state index contributed by atoms with van der Waals surface area (Å²) < 4.78 is 0. The predicted molar refractivity (Wildman–Crippen MR) is 107 cm³/mol. The molecular weight excluding hydrogens is 340 g/mol. The molecule has 27 heavy (non-hydrogen) atoms. The van der Waals surface area contributed by atoms with Crippen LogP contribution >= 0.6 is 0 Å². The lowest BCUT2D eigenvalue weighted by molar-refractivity contribution is 0.0952. The Hall–Kier alpha value is -2.18. The van der Waals surface area contributed by atoms with Crippen LogP contribution in [0, 0.1) is 0 Å². The number of aliphatic hydroxyl groups is 1. The van der Waals surface area contributed by atoms with E-state index >= 15 is 0 Å². The average Bonchev–Trinajstić information content (AvgIpc) is 3.51. The van der Waals surface area contributed by atoms with Crippen molar-refractivity contribution in [3.8, 4) is 0 Å². The third-order valence-electron chi connectivity index (χ3n) is 5.72. The van der Waals surface area contributed by atoms with E-state index in [0.29, 0.717) is 18.6 Å². The molecule has 0 radical (unpaired) electrons. The summed E-state index contributed by atoms with van der Waals surface area (Å²) in [5.74, 6) is 0.896. The van der Waals surface area contributed by atoms with Crippen molar-refractivity contribution in [2.24, 2.45) is 0 Å². The Kier molecular flexibility index (Phi) is 5.27. The number of hydrogen-bond acceptors (Lipinski definition) is 5. The molecular formula is C21H28N4O2. The molecule has 2 fully saturated rings. The molecule has 1 saturated heterocycles. The number of pyridine rings is 1. The molecule has 2 heterocycles. The fourth-order valence-electron chi connectivity index (χ4n) is 3.88. The third kappa shape index (κ3) is 4.06. The fourth-order valence-corrected chi connectivity index (χ4v) is 3.88. The Bertz CT molecular complexity index is 813. The van der Waals surface area contributed by atoms with Gasteiger partial charge < -0.3 is 20.2 Å². The van der Waals surface area contributed by atoms with Gasteiger partial charge in [0.1, 0.15) is 5.82 Å². The first-order valence-electron chi connectivity index (χ1n) is 9.92. The van der Waals surface area contributed by atoms with Crippen LogP contribution in [0.2, 0.25) is 0 Å². The molecule has 0 bridgehead atoms. The number of aromatic nitrogens is 1. The highest BCUT2D eigenvalue weighted by molar-refractivity contribution is 6.07. The lowest BCUT2D eigenvalue weighted by Gasteiger charge is -2.37. The molecule has 1 aromatic carbocycles. The van der Waals surface area contributed by atoms with E-state index in [4.69, 9.17) is 10.1 Å². The number of carbonyl (C=O) groups is 1. The van der Waals surface area contributed by atoms with Crippen LogP contribution in [-0.2, 0) is 0 Å². The molecule has 2 N–H and O–H groups in total. The molecule has 0 unspecified atom stereocenters. The van der Waals surface area contributed by atoms with Gasteiger partial charge in [0.05, 0.1) is 17.7 Å². The van der Waals surface area contributed by atoms with E-state index in [1.807, 2.05) is 30.3 Å². The summed E-state index contributed by atoms with van der Waals surface area (Å²) in [7, 11) is 2.07. The lowest BCUT2D eigenvalue weighted by atomic mass is 10.0. The smallest absolute Gasteiger partial charge is 0.252 e. The highest BCUT2D eigenvalue weighted by Gasteiger charge is 2.27. The van der Waals surface area contributed by atoms with Crippen LogP contribution in [0.15, 0.2) is 30.3 Å². The van der Waals surface area contributed by atoms with Crippen molar-refractivity contribution in [1.29, 1.82) is 0 Å². The van der Waals surface area contributed by atoms with Crippen LogP contribution in [0.25, 0.3) is 10.9 Å². The normalized spacial score (nSPS) is 18.3. The molecule has 1 saturated carbocycles. The van der Waals surface area contributed by atoms with Gasteiger partial charge >= 0.3 is 0 Å². The molecule has 1 aromatic heterocycles. The molecule has 1 aliphatic carbocycles. The standard InChI is InChI=1S/C21H28N4O2/c1-24(12-13-26)16-8-10-25(11-9-16)20-14-18(21(27)22-15-6-7-15)17-4-2-3-5-19(17)23-20/h2-5,14-16,26H,6-13H2,1H3,(H,22,27). The van der Waals surface area contributed by atoms with Crippen molar-refractivity contribution in [3.63, 3.8) is 0 Å². The number of carbonyl (C=O) groups excluding carboxylic acids is 1. The minimum Gasteiger partial charge on any atom is -0.395 e. The zero-order chi connectivity index (χ0) is 18.8. The monoisotopic (exact) mass is 368 g/mol. The highest BCUT2D eigenvalue weighted by Crippen LogP contribution is 2.27. The van der Waals surface area contributed by atoms with Crippen molar-refractivity contribution in [2.45, 2.75) is 37.8 Å². The van der Waals surface area contributed by atoms with Crippen LogP contribution in [0.3, 0.4) is 0 Å². The van der Waals surface area contributed by atoms with E-state index in [9.17, 15) is 4.79 Å². The predicted octanol–water partition coefficient (Wildman–Crippen LogP) is 2.02. The van der Waals surface area contributed by atoms with Crippen LogP contribution in [0.5, 0.6) is 0 Å². The van der Waals surface area contributed by atoms with E-state index in [-0.39, 0.29) is 12.5 Å². The number of anilines is 1. The van der Waals surface area contributed by atoms with Gasteiger partial charge in [-0.15, -0.1) is 0 Å². The van der Waals surface area contributed by atoms with Crippen molar-refractivity contribution in [2.75, 3.05) is 38.2 Å². The summed E-state index contributed by atoms with van der Waals surface area (Å²) >= 11 is 0. The third-order valence-corrected chi connectivity index (χ3v) is 5.72. The number of benzene rings is 1. The zero-order valence-electron chi connectivity index (χ0n) is 15.9. The molecule has 0 atom stereocenters. The van der Waals surface area contributed by atoms with Gasteiger partial charge in [0.25, 0.3) is 5.91 Å². The van der Waals surface area contributed by atoms with Crippen molar-refractivity contribution in [3.05, 3.63) is 35.9 Å². The summed E-state index contributed by atoms with van der Waals surface area (Å²) in [6.07, 6.45) is 4.23. The van der Waals surface area contributed by atoms with Gasteiger partial charge in [0.2, 0.25) is 0 Å². The maximum atomic E-state index is 12.8. The molecule has 0 spiro atoms. The molecule has 4 rings (SSSR count). The molecule has 1 aliphatic heterocycles. The number of aliphatic hydroxyl groups excluding tert-OH is 1. The second-order valence-corrected chi connectivity index (χ2v) is 7.72. The molecule has 2 aromatic rings. The summed E-state index contributed by atoms with van der Waals surface area (Å²) in [4.78, 5) is 22.1. The van der Waals surface area contributed by atoms with E-state index in [2.05, 4.69) is 22.2 Å². The Morgan fingerprint density at radius 2 is 2.00 bits per heavy atom. The minimum atomic E-state index is 0.00918. The van der Waals surface area contributed by atoms with Gasteiger partial charge in [-0.1, -0.05) is 18.2 Å². The van der Waals surface area contributed by atoms with Crippen LogP contribution in [-0.4, -0.2) is 66.3 Å². The van der Waals surface area contributed by atoms with E-state index in [1.54, 1.807) is 0 Å². The maximum Gasteiger partial charge on any atom is 0.252 e. The summed E-state index contributed by atoms with van der Waals surface area (Å²) in [6, 6.07) is 10.7. The first-order valence-corrected chi connectivity index (χ1v) is 9.92. The first kappa shape index (κ1) is 18.2. The maximum absolute atomic E-state index is 12.8. The number of rotatable bonds is 6. The van der Waals surface area contributed by atoms with Crippen LogP contribution in [0.1, 0.15) is 36.0 Å². The number of likely N-dealkylation sites (N-methyl/N-ethyl adjacent to an activating group) is 1. The zero-order valence-corrected chi connectivity index (χ0v) is 15.9. The van der Waals surface area contributed by atoms with Crippen molar-refractivity contribution >= 4 is 22.6 Å². The molecule has 6 heteroatoms. The van der Waals surface area contributed by atoms with Gasteiger partial charge in [-0.3, -0.25) is 4.79 Å². The Morgan fingerprint density at radius 3 is 2.70 bits per heavy atom. The van der Waals surface area contributed by atoms with Crippen molar-refractivity contribution in [1.82, 2.24) is 15.2 Å². The summed E-state index contributed by atoms with van der Waals surface area (Å²) in [6.45, 7) is 2.73. The Balaban J connectivity index is 1.56. The number of piperidine rings is 1. The minimum absolute atomic E-state index is 0.00918. The number of para-hydroxylation sites is 1. The number of amides is 1. The number of hydrogen-bond donors (Lipinski definition) is 2. The number of nitrogens with zero attached hydrogens (tertiary/aromatic N) is 3. The lowest BCUT2D eigenvalue weighted by Crippen LogP contribution is -2.44. The Labute approximate surface area is 160 Å². The van der Waals surface area contributed by atoms with Gasteiger partial charge in [0.15, 0.2) is 0 Å². The number of nitrogens with one attached hydrogen (secondary N) is 1. The van der Waals surface area contributed by atoms with E-state index in [0.717, 1.165) is 61.1 Å². The van der Waals surface area contributed by atoms with Crippen LogP contribution in [0.4, 0.5) is 5.82 Å². The van der Waals surface area contributed by atoms with E-state index < -0.39 is 0 Å². The molecule has 144 valence electrons. The molecule has 6 nitrogen and oxygen atoms in total. The largest absolute Gasteiger partial charge is 0.395 e. The molecule has 1 amide bonds. The topological polar surface area (TPSA) is 68.7 Å². The highest BCUT2D eigenvalue weighted by atomic mass is 16.3. The van der Waals surface area contributed by atoms with Gasteiger partial charge in [0, 0.05) is 37.1 Å². The Morgan fingerprint density at radius 1 is 1.26 bits per heavy atom. The fraction of sp³-hybridized carbons (Fsp3) is 0.524. The summed E-state index contributed by atoms with van der Waals surface area (Å²) in [5, 5.41) is 13.2. The SMILES string of the molecule is CN(CCO)C1CCN(c2cc(C(=O)NC3CC3)c3ccccc3n2)CC1. The quantitative estimate of drug-likeness (QED) is 0.816.